The first-order valence-electron chi connectivity index (χ1n) is 9.85. The zero-order valence-electron chi connectivity index (χ0n) is 16.7. The van der Waals surface area contributed by atoms with E-state index >= 15 is 0 Å². The van der Waals surface area contributed by atoms with Crippen LogP contribution in [0.2, 0.25) is 0 Å². The molecule has 1 atom stereocenters. The van der Waals surface area contributed by atoms with Gasteiger partial charge in [-0.3, -0.25) is 14.7 Å². The number of aromatic nitrogens is 2. The monoisotopic (exact) mass is 405 g/mol. The third-order valence-corrected chi connectivity index (χ3v) is 4.84. The number of aldehydes is 1. The fourth-order valence-corrected chi connectivity index (χ4v) is 3.31. The van der Waals surface area contributed by atoms with Crippen molar-refractivity contribution in [1.29, 1.82) is 0 Å². The van der Waals surface area contributed by atoms with Crippen LogP contribution in [0.4, 0.5) is 0 Å². The summed E-state index contributed by atoms with van der Waals surface area (Å²) in [5, 5.41) is 0.712. The molecule has 0 fully saturated rings. The SMILES string of the molecule is O=C[C@H](Cc1ccccc1)N(C#Cc1ccccn1)C(=O)c1ccnc2ccccc12. The molecule has 31 heavy (non-hydrogen) atoms. The van der Waals surface area contributed by atoms with E-state index in [1.54, 1.807) is 30.6 Å². The fraction of sp³-hybridized carbons (Fsp3) is 0.0769. The van der Waals surface area contributed by atoms with E-state index in [9.17, 15) is 9.59 Å². The summed E-state index contributed by atoms with van der Waals surface area (Å²) in [7, 11) is 0. The molecule has 0 aliphatic heterocycles. The Morgan fingerprint density at radius 2 is 1.68 bits per heavy atom. The van der Waals surface area contributed by atoms with Crippen LogP contribution in [0.25, 0.3) is 10.9 Å². The molecule has 0 aliphatic carbocycles. The number of fused-ring (bicyclic) bond motifs is 1. The van der Waals surface area contributed by atoms with Crippen LogP contribution in [-0.2, 0) is 11.2 Å². The molecule has 5 heteroatoms. The minimum Gasteiger partial charge on any atom is -0.301 e. The molecule has 0 radical (unpaired) electrons. The summed E-state index contributed by atoms with van der Waals surface area (Å²) in [5.41, 5.74) is 2.61. The second-order valence-corrected chi connectivity index (χ2v) is 6.90. The summed E-state index contributed by atoms with van der Waals surface area (Å²) in [5.74, 6) is 2.56. The molecule has 0 unspecified atom stereocenters. The van der Waals surface area contributed by atoms with Gasteiger partial charge in [0, 0.05) is 30.2 Å². The van der Waals surface area contributed by atoms with Gasteiger partial charge in [-0.15, -0.1) is 0 Å². The third kappa shape index (κ3) is 4.65. The Morgan fingerprint density at radius 3 is 2.45 bits per heavy atom. The van der Waals surface area contributed by atoms with Crippen LogP contribution in [0.1, 0.15) is 21.6 Å². The van der Waals surface area contributed by atoms with Crippen molar-refractivity contribution in [3.8, 4) is 12.0 Å². The number of nitrogens with zero attached hydrogens (tertiary/aromatic N) is 3. The van der Waals surface area contributed by atoms with Gasteiger partial charge < -0.3 is 4.79 Å². The smallest absolute Gasteiger partial charge is 0.266 e. The number of rotatable bonds is 5. The van der Waals surface area contributed by atoms with Gasteiger partial charge in [-0.25, -0.2) is 4.98 Å². The molecule has 0 spiro atoms. The molecule has 0 saturated heterocycles. The lowest BCUT2D eigenvalue weighted by Gasteiger charge is -2.23. The predicted octanol–water partition coefficient (Wildman–Crippen LogP) is 3.89. The van der Waals surface area contributed by atoms with Crippen molar-refractivity contribution in [2.45, 2.75) is 12.5 Å². The Kier molecular flexibility index (Phi) is 6.10. The topological polar surface area (TPSA) is 63.2 Å². The third-order valence-electron chi connectivity index (χ3n) is 4.84. The molecule has 2 heterocycles. The van der Waals surface area contributed by atoms with Crippen molar-refractivity contribution in [2.24, 2.45) is 0 Å². The van der Waals surface area contributed by atoms with Crippen molar-refractivity contribution in [3.63, 3.8) is 0 Å². The Hall–Kier alpha value is -4.30. The van der Waals surface area contributed by atoms with Gasteiger partial charge in [0.1, 0.15) is 18.0 Å². The number of carbonyl (C=O) groups is 2. The maximum absolute atomic E-state index is 13.6. The Bertz CT molecular complexity index is 1260. The lowest BCUT2D eigenvalue weighted by Crippen LogP contribution is -2.39. The number of hydrogen-bond donors (Lipinski definition) is 0. The molecular formula is C26H19N3O2. The van der Waals surface area contributed by atoms with E-state index in [4.69, 9.17) is 0 Å². The number of carbonyl (C=O) groups excluding carboxylic acids is 2. The first kappa shape index (κ1) is 20.0. The van der Waals surface area contributed by atoms with E-state index < -0.39 is 6.04 Å². The largest absolute Gasteiger partial charge is 0.301 e. The van der Waals surface area contributed by atoms with Crippen LogP contribution in [0, 0.1) is 12.0 Å². The summed E-state index contributed by atoms with van der Waals surface area (Å²) in [6.07, 6.45) is 4.35. The Morgan fingerprint density at radius 1 is 0.903 bits per heavy atom. The van der Waals surface area contributed by atoms with Crippen LogP contribution < -0.4 is 0 Å². The van der Waals surface area contributed by atoms with Crippen LogP contribution in [0.3, 0.4) is 0 Å². The normalized spacial score (nSPS) is 11.2. The van der Waals surface area contributed by atoms with Gasteiger partial charge in [-0.1, -0.05) is 54.6 Å². The highest BCUT2D eigenvalue weighted by Crippen LogP contribution is 2.19. The Balaban J connectivity index is 1.76. The van der Waals surface area contributed by atoms with Crippen molar-refractivity contribution in [3.05, 3.63) is 108 Å². The first-order valence-corrected chi connectivity index (χ1v) is 9.85. The van der Waals surface area contributed by atoms with Crippen LogP contribution >= 0.6 is 0 Å². The predicted molar refractivity (Wildman–Crippen MR) is 119 cm³/mol. The van der Waals surface area contributed by atoms with Crippen molar-refractivity contribution < 1.29 is 9.59 Å². The van der Waals surface area contributed by atoms with Crippen molar-refractivity contribution >= 4 is 23.1 Å². The van der Waals surface area contributed by atoms with Gasteiger partial charge in [0.15, 0.2) is 0 Å². The standard InChI is InChI=1S/C26H19N3O2/c30-19-22(18-20-8-2-1-3-9-20)29(17-14-21-10-6-7-15-27-21)26(31)24-13-16-28-25-12-5-4-11-23(24)25/h1-13,15-16,19,22H,18H2/t22-/m0/s1. The van der Waals surface area contributed by atoms with Gasteiger partial charge in [0.2, 0.25) is 0 Å². The summed E-state index contributed by atoms with van der Waals surface area (Å²) in [6, 6.07) is 26.1. The fourth-order valence-electron chi connectivity index (χ4n) is 3.31. The molecule has 2 aromatic heterocycles. The minimum atomic E-state index is -0.752. The number of pyridine rings is 2. The van der Waals surface area contributed by atoms with Gasteiger partial charge in [0.25, 0.3) is 5.91 Å². The summed E-state index contributed by atoms with van der Waals surface area (Å²) >= 11 is 0. The molecule has 2 aromatic carbocycles. The number of amides is 1. The molecule has 4 rings (SSSR count). The Labute approximate surface area is 180 Å². The van der Waals surface area contributed by atoms with Crippen LogP contribution in [0.5, 0.6) is 0 Å². The molecule has 1 amide bonds. The highest BCUT2D eigenvalue weighted by Gasteiger charge is 2.25. The van der Waals surface area contributed by atoms with Gasteiger partial charge in [0.05, 0.1) is 11.1 Å². The van der Waals surface area contributed by atoms with Gasteiger partial charge >= 0.3 is 0 Å². The minimum absolute atomic E-state index is 0.352. The average Bonchev–Trinajstić information content (AvgIpc) is 2.84. The first-order chi connectivity index (χ1) is 15.3. The lowest BCUT2D eigenvalue weighted by molar-refractivity contribution is -0.111. The van der Waals surface area contributed by atoms with Crippen molar-refractivity contribution in [2.75, 3.05) is 0 Å². The molecule has 0 aliphatic rings. The highest BCUT2D eigenvalue weighted by atomic mass is 16.2. The second-order valence-electron chi connectivity index (χ2n) is 6.90. The molecule has 150 valence electrons. The number of benzene rings is 2. The van der Waals surface area contributed by atoms with Crippen LogP contribution in [0.15, 0.2) is 91.3 Å². The highest BCUT2D eigenvalue weighted by molar-refractivity contribution is 6.07. The van der Waals surface area contributed by atoms with Gasteiger partial charge in [-0.05, 0) is 35.7 Å². The van der Waals surface area contributed by atoms with Crippen molar-refractivity contribution in [1.82, 2.24) is 14.9 Å². The maximum atomic E-state index is 13.6. The molecule has 0 bridgehead atoms. The van der Waals surface area contributed by atoms with E-state index in [0.29, 0.717) is 28.6 Å². The van der Waals surface area contributed by atoms with E-state index in [2.05, 4.69) is 21.9 Å². The number of hydrogen-bond acceptors (Lipinski definition) is 4. The molecule has 5 nitrogen and oxygen atoms in total. The maximum Gasteiger partial charge on any atom is 0.266 e. The summed E-state index contributed by atoms with van der Waals surface area (Å²) in [4.78, 5) is 35.5. The van der Waals surface area contributed by atoms with Crippen LogP contribution in [-0.4, -0.2) is 33.1 Å². The number of para-hydroxylation sites is 1. The van der Waals surface area contributed by atoms with E-state index in [1.165, 1.54) is 4.90 Å². The quantitative estimate of drug-likeness (QED) is 0.287. The zero-order chi connectivity index (χ0) is 21.5. The molecular weight excluding hydrogens is 386 g/mol. The molecule has 4 aromatic rings. The second kappa shape index (κ2) is 9.47. The van der Waals surface area contributed by atoms with E-state index in [-0.39, 0.29) is 5.91 Å². The molecule has 0 N–H and O–H groups in total. The summed E-state index contributed by atoms with van der Waals surface area (Å²) in [6.45, 7) is 0. The van der Waals surface area contributed by atoms with Gasteiger partial charge in [-0.2, -0.15) is 0 Å². The zero-order valence-corrected chi connectivity index (χ0v) is 16.7. The van der Waals surface area contributed by atoms with E-state index in [1.807, 2.05) is 60.7 Å². The lowest BCUT2D eigenvalue weighted by atomic mass is 10.0. The van der Waals surface area contributed by atoms with E-state index in [0.717, 1.165) is 11.8 Å². The summed E-state index contributed by atoms with van der Waals surface area (Å²) < 4.78 is 0. The molecule has 0 saturated carbocycles. The average molecular weight is 405 g/mol.